The van der Waals surface area contributed by atoms with Gasteiger partial charge in [-0.1, -0.05) is 0 Å². The number of nitrogens with one attached hydrogen (secondary N) is 2. The number of hydrogen-bond acceptors (Lipinski definition) is 3. The number of halogens is 3. The summed E-state index contributed by atoms with van der Waals surface area (Å²) in [6.45, 7) is 7.45. The van der Waals surface area contributed by atoms with Crippen molar-refractivity contribution in [3.05, 3.63) is 0 Å². The van der Waals surface area contributed by atoms with E-state index in [2.05, 4.69) is 20.5 Å². The van der Waals surface area contributed by atoms with Crippen LogP contribution in [0.4, 0.5) is 13.2 Å². The average Bonchev–Trinajstić information content (AvgIpc) is 2.46. The molecule has 0 aromatic carbocycles. The predicted octanol–water partition coefficient (Wildman–Crippen LogP) is 1.99. The molecule has 1 heterocycles. The van der Waals surface area contributed by atoms with Crippen molar-refractivity contribution in [2.24, 2.45) is 4.99 Å². The topological polar surface area (TPSA) is 48.9 Å². The number of likely N-dealkylation sites (tertiary alicyclic amines) is 1. The summed E-state index contributed by atoms with van der Waals surface area (Å²) < 4.78 is 42.0. The molecule has 1 aliphatic rings. The van der Waals surface area contributed by atoms with E-state index in [9.17, 15) is 13.2 Å². The molecule has 0 amide bonds. The number of hydrogen-bond donors (Lipinski definition) is 2. The zero-order valence-corrected chi connectivity index (χ0v) is 14.2. The molecule has 1 fully saturated rings. The molecule has 1 aliphatic heterocycles. The number of aliphatic imine (C=N–C) groups is 1. The molecule has 0 radical (unpaired) electrons. The Hall–Kier alpha value is -1.02. The van der Waals surface area contributed by atoms with Gasteiger partial charge in [-0.2, -0.15) is 13.2 Å². The van der Waals surface area contributed by atoms with Crippen molar-refractivity contribution in [2.45, 2.75) is 51.4 Å². The average molecular weight is 338 g/mol. The Bertz CT molecular complexity index is 353. The van der Waals surface area contributed by atoms with Crippen molar-refractivity contribution in [1.29, 1.82) is 0 Å². The van der Waals surface area contributed by atoms with Gasteiger partial charge in [-0.25, -0.2) is 0 Å². The first-order chi connectivity index (χ1) is 10.8. The predicted molar refractivity (Wildman–Crippen MR) is 85.7 cm³/mol. The molecule has 0 aliphatic carbocycles. The van der Waals surface area contributed by atoms with E-state index in [-0.39, 0.29) is 18.7 Å². The number of ether oxygens (including phenoxy) is 1. The van der Waals surface area contributed by atoms with Crippen LogP contribution in [0.15, 0.2) is 4.99 Å². The molecule has 0 aromatic heterocycles. The molecule has 0 atom stereocenters. The number of alkyl halides is 3. The minimum Gasteiger partial charge on any atom is -0.377 e. The SMILES string of the molecule is CN=C(NCCC(F)(F)F)NC1CCN(CCOC(C)C)CC1. The van der Waals surface area contributed by atoms with Crippen LogP contribution in [0.5, 0.6) is 0 Å². The van der Waals surface area contributed by atoms with Crippen LogP contribution >= 0.6 is 0 Å². The second kappa shape index (κ2) is 9.97. The lowest BCUT2D eigenvalue weighted by atomic mass is 10.1. The van der Waals surface area contributed by atoms with Gasteiger partial charge in [0.2, 0.25) is 0 Å². The lowest BCUT2D eigenvalue weighted by molar-refractivity contribution is -0.132. The van der Waals surface area contributed by atoms with Crippen molar-refractivity contribution >= 4 is 5.96 Å². The summed E-state index contributed by atoms with van der Waals surface area (Å²) in [5, 5.41) is 5.92. The highest BCUT2D eigenvalue weighted by molar-refractivity contribution is 5.79. The molecular formula is C15H29F3N4O. The van der Waals surface area contributed by atoms with Crippen LogP contribution in [-0.4, -0.2) is 69.0 Å². The first-order valence-corrected chi connectivity index (χ1v) is 8.18. The normalized spacial score (nSPS) is 18.5. The maximum atomic E-state index is 12.1. The van der Waals surface area contributed by atoms with Gasteiger partial charge in [0.1, 0.15) is 0 Å². The minimum absolute atomic E-state index is 0.158. The van der Waals surface area contributed by atoms with Crippen molar-refractivity contribution < 1.29 is 17.9 Å². The van der Waals surface area contributed by atoms with Crippen LogP contribution < -0.4 is 10.6 Å². The van der Waals surface area contributed by atoms with Gasteiger partial charge < -0.3 is 20.3 Å². The van der Waals surface area contributed by atoms with Crippen LogP contribution in [-0.2, 0) is 4.74 Å². The summed E-state index contributed by atoms with van der Waals surface area (Å²) in [7, 11) is 1.57. The number of piperidine rings is 1. The van der Waals surface area contributed by atoms with E-state index in [4.69, 9.17) is 4.74 Å². The molecule has 5 nitrogen and oxygen atoms in total. The molecule has 0 spiro atoms. The van der Waals surface area contributed by atoms with Crippen LogP contribution in [0.25, 0.3) is 0 Å². The monoisotopic (exact) mass is 338 g/mol. The summed E-state index contributed by atoms with van der Waals surface area (Å²) in [5.41, 5.74) is 0. The van der Waals surface area contributed by atoms with Crippen LogP contribution in [0.3, 0.4) is 0 Å². The summed E-state index contributed by atoms with van der Waals surface area (Å²) in [5.74, 6) is 0.441. The van der Waals surface area contributed by atoms with Gasteiger partial charge in [0, 0.05) is 39.3 Å². The van der Waals surface area contributed by atoms with E-state index in [0.717, 1.165) is 39.1 Å². The second-order valence-corrected chi connectivity index (χ2v) is 6.04. The van der Waals surface area contributed by atoms with Crippen molar-refractivity contribution in [3.8, 4) is 0 Å². The molecule has 0 unspecified atom stereocenters. The van der Waals surface area contributed by atoms with E-state index in [1.54, 1.807) is 7.05 Å². The van der Waals surface area contributed by atoms with Gasteiger partial charge >= 0.3 is 6.18 Å². The van der Waals surface area contributed by atoms with Crippen LogP contribution in [0.1, 0.15) is 33.1 Å². The number of guanidine groups is 1. The zero-order valence-electron chi connectivity index (χ0n) is 14.2. The van der Waals surface area contributed by atoms with Crippen molar-refractivity contribution in [3.63, 3.8) is 0 Å². The van der Waals surface area contributed by atoms with Gasteiger partial charge in [0.15, 0.2) is 5.96 Å². The lowest BCUT2D eigenvalue weighted by Gasteiger charge is -2.33. The Morgan fingerprint density at radius 3 is 2.48 bits per heavy atom. The maximum Gasteiger partial charge on any atom is 0.390 e. The highest BCUT2D eigenvalue weighted by atomic mass is 19.4. The second-order valence-electron chi connectivity index (χ2n) is 6.04. The third kappa shape index (κ3) is 9.65. The third-order valence-corrected chi connectivity index (χ3v) is 3.71. The molecule has 0 saturated carbocycles. The first-order valence-electron chi connectivity index (χ1n) is 8.18. The third-order valence-electron chi connectivity index (χ3n) is 3.71. The van der Waals surface area contributed by atoms with Gasteiger partial charge in [0.25, 0.3) is 0 Å². The van der Waals surface area contributed by atoms with E-state index in [1.807, 2.05) is 13.8 Å². The Morgan fingerprint density at radius 2 is 1.96 bits per heavy atom. The fraction of sp³-hybridized carbons (Fsp3) is 0.933. The zero-order chi connectivity index (χ0) is 17.3. The fourth-order valence-corrected chi connectivity index (χ4v) is 2.43. The summed E-state index contributed by atoms with van der Waals surface area (Å²) in [6.07, 6.45) is -2.86. The Balaban J connectivity index is 2.20. The number of nitrogens with zero attached hydrogens (tertiary/aromatic N) is 2. The highest BCUT2D eigenvalue weighted by Crippen LogP contribution is 2.18. The fourth-order valence-electron chi connectivity index (χ4n) is 2.43. The molecule has 0 bridgehead atoms. The quantitative estimate of drug-likeness (QED) is 0.551. The molecule has 136 valence electrons. The number of rotatable bonds is 7. The molecule has 23 heavy (non-hydrogen) atoms. The van der Waals surface area contributed by atoms with Crippen LogP contribution in [0, 0.1) is 0 Å². The Labute approximate surface area is 136 Å². The maximum absolute atomic E-state index is 12.1. The summed E-state index contributed by atoms with van der Waals surface area (Å²) >= 11 is 0. The van der Waals surface area contributed by atoms with E-state index >= 15 is 0 Å². The van der Waals surface area contributed by atoms with Gasteiger partial charge in [-0.3, -0.25) is 4.99 Å². The Morgan fingerprint density at radius 1 is 1.30 bits per heavy atom. The summed E-state index contributed by atoms with van der Waals surface area (Å²) in [4.78, 5) is 6.33. The lowest BCUT2D eigenvalue weighted by Crippen LogP contribution is -2.49. The van der Waals surface area contributed by atoms with E-state index in [0.29, 0.717) is 5.96 Å². The van der Waals surface area contributed by atoms with E-state index < -0.39 is 12.6 Å². The smallest absolute Gasteiger partial charge is 0.377 e. The van der Waals surface area contributed by atoms with Crippen molar-refractivity contribution in [2.75, 3.05) is 39.8 Å². The molecule has 8 heteroatoms. The molecule has 1 saturated heterocycles. The van der Waals surface area contributed by atoms with Gasteiger partial charge in [-0.05, 0) is 26.7 Å². The molecular weight excluding hydrogens is 309 g/mol. The van der Waals surface area contributed by atoms with Crippen molar-refractivity contribution in [1.82, 2.24) is 15.5 Å². The molecule has 1 rings (SSSR count). The largest absolute Gasteiger partial charge is 0.390 e. The van der Waals surface area contributed by atoms with Crippen LogP contribution in [0.2, 0.25) is 0 Å². The molecule has 0 aromatic rings. The highest BCUT2D eigenvalue weighted by Gasteiger charge is 2.26. The summed E-state index contributed by atoms with van der Waals surface area (Å²) in [6, 6.07) is 0.245. The molecule has 2 N–H and O–H groups in total. The van der Waals surface area contributed by atoms with Gasteiger partial charge in [-0.15, -0.1) is 0 Å². The minimum atomic E-state index is -4.14. The van der Waals surface area contributed by atoms with E-state index in [1.165, 1.54) is 0 Å². The standard InChI is InChI=1S/C15H29F3N4O/c1-12(2)23-11-10-22-8-4-13(5-9-22)21-14(19-3)20-7-6-15(16,17)18/h12-13H,4-11H2,1-3H3,(H2,19,20,21). The Kier molecular flexibility index (Phi) is 8.68. The first kappa shape index (κ1) is 20.0. The van der Waals surface area contributed by atoms with Gasteiger partial charge in [0.05, 0.1) is 19.1 Å².